The molecule has 0 aromatic heterocycles. The Labute approximate surface area is 110 Å². The molecule has 2 rings (SSSR count). The number of aliphatic hydroxyl groups is 1. The molecule has 1 saturated carbocycles. The minimum atomic E-state index is -0.409. The highest BCUT2D eigenvalue weighted by Gasteiger charge is 2.25. The van der Waals surface area contributed by atoms with Crippen LogP contribution in [0.25, 0.3) is 0 Å². The van der Waals surface area contributed by atoms with Crippen molar-refractivity contribution in [2.24, 2.45) is 11.8 Å². The second-order valence-corrected chi connectivity index (χ2v) is 5.90. The largest absolute Gasteiger partial charge is 0.490 e. The van der Waals surface area contributed by atoms with Crippen LogP contribution in [0.3, 0.4) is 0 Å². The zero-order valence-electron chi connectivity index (χ0n) is 11.6. The molecule has 1 fully saturated rings. The van der Waals surface area contributed by atoms with E-state index in [9.17, 15) is 5.11 Å². The number of rotatable bonds is 3. The summed E-state index contributed by atoms with van der Waals surface area (Å²) in [5.41, 5.74) is 0.938. The van der Waals surface area contributed by atoms with Crippen LogP contribution in [0.2, 0.25) is 0 Å². The lowest BCUT2D eigenvalue weighted by molar-refractivity contribution is 0.101. The summed E-state index contributed by atoms with van der Waals surface area (Å²) in [6.45, 7) is 6.39. The van der Waals surface area contributed by atoms with E-state index < -0.39 is 6.10 Å². The van der Waals surface area contributed by atoms with Crippen molar-refractivity contribution in [3.63, 3.8) is 0 Å². The summed E-state index contributed by atoms with van der Waals surface area (Å²) >= 11 is 0. The second kappa shape index (κ2) is 5.75. The maximum Gasteiger partial charge on any atom is 0.119 e. The van der Waals surface area contributed by atoms with Crippen molar-refractivity contribution >= 4 is 0 Å². The number of benzene rings is 1. The van der Waals surface area contributed by atoms with E-state index in [2.05, 4.69) is 13.8 Å². The highest BCUT2D eigenvalue weighted by atomic mass is 16.5. The predicted octanol–water partition coefficient (Wildman–Crippen LogP) is 3.94. The highest BCUT2D eigenvalue weighted by Crippen LogP contribution is 2.31. The summed E-state index contributed by atoms with van der Waals surface area (Å²) in [6.07, 6.45) is 3.57. The Bertz CT molecular complexity index is 359. The molecule has 3 atom stereocenters. The van der Waals surface area contributed by atoms with Crippen LogP contribution >= 0.6 is 0 Å². The van der Waals surface area contributed by atoms with Gasteiger partial charge < -0.3 is 9.84 Å². The highest BCUT2D eigenvalue weighted by molar-refractivity contribution is 5.28. The third kappa shape index (κ3) is 3.49. The molecule has 2 unspecified atom stereocenters. The number of ether oxygens (including phenoxy) is 1. The van der Waals surface area contributed by atoms with Gasteiger partial charge in [-0.2, -0.15) is 0 Å². The van der Waals surface area contributed by atoms with Crippen LogP contribution in [0.4, 0.5) is 0 Å². The number of hydrogen-bond donors (Lipinski definition) is 1. The van der Waals surface area contributed by atoms with Crippen LogP contribution in [-0.4, -0.2) is 11.2 Å². The van der Waals surface area contributed by atoms with Crippen LogP contribution in [0.5, 0.6) is 5.75 Å². The molecule has 0 bridgehead atoms. The van der Waals surface area contributed by atoms with E-state index in [1.165, 1.54) is 6.42 Å². The molecular weight excluding hydrogens is 224 g/mol. The fourth-order valence-corrected chi connectivity index (χ4v) is 2.99. The average molecular weight is 248 g/mol. The van der Waals surface area contributed by atoms with Crippen LogP contribution in [0.1, 0.15) is 51.7 Å². The summed E-state index contributed by atoms with van der Waals surface area (Å²) in [5, 5.41) is 9.46. The Hall–Kier alpha value is -1.02. The topological polar surface area (TPSA) is 29.5 Å². The minimum absolute atomic E-state index is 0.348. The Kier molecular flexibility index (Phi) is 4.28. The summed E-state index contributed by atoms with van der Waals surface area (Å²) < 4.78 is 6.05. The maximum atomic E-state index is 9.46. The molecule has 0 spiro atoms. The summed E-state index contributed by atoms with van der Waals surface area (Å²) in [7, 11) is 0. The molecule has 0 heterocycles. The molecule has 0 radical (unpaired) electrons. The summed E-state index contributed by atoms with van der Waals surface area (Å²) in [5.74, 6) is 2.44. The monoisotopic (exact) mass is 248 g/mol. The van der Waals surface area contributed by atoms with Crippen molar-refractivity contribution < 1.29 is 9.84 Å². The van der Waals surface area contributed by atoms with Gasteiger partial charge in [-0.25, -0.2) is 0 Å². The van der Waals surface area contributed by atoms with Crippen molar-refractivity contribution in [2.75, 3.05) is 0 Å². The first-order valence-corrected chi connectivity index (χ1v) is 6.99. The van der Waals surface area contributed by atoms with E-state index in [4.69, 9.17) is 4.74 Å². The molecule has 100 valence electrons. The van der Waals surface area contributed by atoms with Gasteiger partial charge in [-0.15, -0.1) is 0 Å². The Morgan fingerprint density at radius 2 is 1.61 bits per heavy atom. The molecular formula is C16H24O2. The van der Waals surface area contributed by atoms with Gasteiger partial charge in [0.2, 0.25) is 0 Å². The Balaban J connectivity index is 1.96. The zero-order valence-corrected chi connectivity index (χ0v) is 11.6. The van der Waals surface area contributed by atoms with Gasteiger partial charge in [0, 0.05) is 0 Å². The lowest BCUT2D eigenvalue weighted by Crippen LogP contribution is -2.28. The minimum Gasteiger partial charge on any atom is -0.490 e. The molecule has 1 N–H and O–H groups in total. The van der Waals surface area contributed by atoms with Gasteiger partial charge in [-0.1, -0.05) is 26.0 Å². The molecule has 2 nitrogen and oxygen atoms in total. The van der Waals surface area contributed by atoms with Gasteiger partial charge in [0.1, 0.15) is 5.75 Å². The molecule has 1 aliphatic carbocycles. The number of hydrogen-bond acceptors (Lipinski definition) is 2. The van der Waals surface area contributed by atoms with E-state index in [0.717, 1.165) is 36.0 Å². The summed E-state index contributed by atoms with van der Waals surface area (Å²) in [4.78, 5) is 0. The van der Waals surface area contributed by atoms with Gasteiger partial charge in [0.15, 0.2) is 0 Å². The average Bonchev–Trinajstić information content (AvgIpc) is 2.28. The fraction of sp³-hybridized carbons (Fsp3) is 0.625. The third-order valence-electron chi connectivity index (χ3n) is 3.80. The van der Waals surface area contributed by atoms with E-state index in [0.29, 0.717) is 6.10 Å². The quantitative estimate of drug-likeness (QED) is 0.877. The third-order valence-corrected chi connectivity index (χ3v) is 3.80. The molecule has 2 heteroatoms. The predicted molar refractivity (Wildman–Crippen MR) is 73.7 cm³/mol. The molecule has 1 aromatic rings. The zero-order chi connectivity index (χ0) is 13.1. The van der Waals surface area contributed by atoms with E-state index in [-0.39, 0.29) is 0 Å². The standard InChI is InChI=1S/C16H24O2/c1-11-8-12(2)10-16(9-11)18-15-6-4-14(5-7-15)13(3)17/h4-7,11-13,16-17H,8-10H2,1-3H3/t11?,12?,13-,16?/m1/s1. The van der Waals surface area contributed by atoms with Crippen molar-refractivity contribution in [2.45, 2.75) is 52.2 Å². The lowest BCUT2D eigenvalue weighted by Gasteiger charge is -2.31. The Morgan fingerprint density at radius 3 is 2.11 bits per heavy atom. The first-order chi connectivity index (χ1) is 8.54. The van der Waals surface area contributed by atoms with E-state index in [1.807, 2.05) is 24.3 Å². The molecule has 0 aliphatic heterocycles. The SMILES string of the molecule is CC1CC(C)CC(Oc2ccc([C@@H](C)O)cc2)C1. The molecule has 0 amide bonds. The van der Waals surface area contributed by atoms with Gasteiger partial charge >= 0.3 is 0 Å². The van der Waals surface area contributed by atoms with Gasteiger partial charge in [-0.05, 0) is 55.7 Å². The Morgan fingerprint density at radius 1 is 1.06 bits per heavy atom. The smallest absolute Gasteiger partial charge is 0.119 e. The van der Waals surface area contributed by atoms with Crippen molar-refractivity contribution in [3.05, 3.63) is 29.8 Å². The molecule has 18 heavy (non-hydrogen) atoms. The summed E-state index contributed by atoms with van der Waals surface area (Å²) in [6, 6.07) is 7.81. The fourth-order valence-electron chi connectivity index (χ4n) is 2.99. The van der Waals surface area contributed by atoms with Crippen molar-refractivity contribution in [1.82, 2.24) is 0 Å². The van der Waals surface area contributed by atoms with Gasteiger partial charge in [0.25, 0.3) is 0 Å². The second-order valence-electron chi connectivity index (χ2n) is 5.90. The van der Waals surface area contributed by atoms with Crippen LogP contribution in [0.15, 0.2) is 24.3 Å². The van der Waals surface area contributed by atoms with Crippen LogP contribution in [-0.2, 0) is 0 Å². The van der Waals surface area contributed by atoms with Gasteiger partial charge in [0.05, 0.1) is 12.2 Å². The van der Waals surface area contributed by atoms with E-state index >= 15 is 0 Å². The first kappa shape index (κ1) is 13.4. The maximum absolute atomic E-state index is 9.46. The van der Waals surface area contributed by atoms with Gasteiger partial charge in [-0.3, -0.25) is 0 Å². The van der Waals surface area contributed by atoms with Crippen molar-refractivity contribution in [3.8, 4) is 5.75 Å². The normalized spacial score (nSPS) is 29.9. The molecule has 0 saturated heterocycles. The first-order valence-electron chi connectivity index (χ1n) is 6.99. The van der Waals surface area contributed by atoms with E-state index in [1.54, 1.807) is 6.92 Å². The molecule has 1 aromatic carbocycles. The van der Waals surface area contributed by atoms with Crippen molar-refractivity contribution in [1.29, 1.82) is 0 Å². The van der Waals surface area contributed by atoms with Crippen LogP contribution in [0, 0.1) is 11.8 Å². The van der Waals surface area contributed by atoms with Crippen LogP contribution < -0.4 is 4.74 Å². The lowest BCUT2D eigenvalue weighted by atomic mass is 9.82. The molecule has 1 aliphatic rings. The number of aliphatic hydroxyl groups excluding tert-OH is 1.